The highest BCUT2D eigenvalue weighted by Crippen LogP contribution is 2.17. The van der Waals surface area contributed by atoms with Crippen LogP contribution in [0.1, 0.15) is 30.3 Å². The van der Waals surface area contributed by atoms with Gasteiger partial charge in [0.1, 0.15) is 11.5 Å². The van der Waals surface area contributed by atoms with E-state index in [2.05, 4.69) is 27.1 Å². The second-order valence-corrected chi connectivity index (χ2v) is 6.02. The Morgan fingerprint density at radius 2 is 2.24 bits per heavy atom. The molecule has 0 bridgehead atoms. The fourth-order valence-electron chi connectivity index (χ4n) is 2.47. The molecule has 116 valence electrons. The molecule has 0 saturated carbocycles. The fraction of sp³-hybridized carbons (Fsp3) is 0.667. The summed E-state index contributed by atoms with van der Waals surface area (Å²) in [4.78, 5) is 24.9. The first kappa shape index (κ1) is 15.7. The van der Waals surface area contributed by atoms with Crippen LogP contribution in [-0.2, 0) is 0 Å². The molecule has 2 heterocycles. The first-order valence-electron chi connectivity index (χ1n) is 7.56. The van der Waals surface area contributed by atoms with E-state index in [1.54, 1.807) is 12.4 Å². The number of anilines is 1. The lowest BCUT2D eigenvalue weighted by Gasteiger charge is -2.30. The van der Waals surface area contributed by atoms with Crippen molar-refractivity contribution in [2.75, 3.05) is 45.6 Å². The minimum absolute atomic E-state index is 0.00566. The number of nitrogens with one attached hydrogen (secondary N) is 1. The molecule has 1 aromatic rings. The minimum atomic E-state index is -0.00566. The number of hydrogen-bond donors (Lipinski definition) is 1. The van der Waals surface area contributed by atoms with E-state index in [4.69, 9.17) is 0 Å². The second kappa shape index (κ2) is 7.36. The van der Waals surface area contributed by atoms with Gasteiger partial charge in [-0.2, -0.15) is 0 Å². The summed E-state index contributed by atoms with van der Waals surface area (Å²) in [6.45, 7) is 5.56. The van der Waals surface area contributed by atoms with Crippen LogP contribution in [0, 0.1) is 5.92 Å². The van der Waals surface area contributed by atoms with Crippen molar-refractivity contribution in [1.29, 1.82) is 0 Å². The van der Waals surface area contributed by atoms with Crippen LogP contribution in [0.2, 0.25) is 0 Å². The van der Waals surface area contributed by atoms with Crippen LogP contribution in [0.3, 0.4) is 0 Å². The summed E-state index contributed by atoms with van der Waals surface area (Å²) in [6.07, 6.45) is 5.48. The Labute approximate surface area is 126 Å². The van der Waals surface area contributed by atoms with Crippen LogP contribution in [0.4, 0.5) is 5.82 Å². The first-order valence-corrected chi connectivity index (χ1v) is 7.56. The Kier molecular flexibility index (Phi) is 5.50. The van der Waals surface area contributed by atoms with Crippen molar-refractivity contribution in [3.05, 3.63) is 18.1 Å². The molecule has 21 heavy (non-hydrogen) atoms. The lowest BCUT2D eigenvalue weighted by atomic mass is 10.0. The van der Waals surface area contributed by atoms with Gasteiger partial charge in [0.2, 0.25) is 0 Å². The second-order valence-electron chi connectivity index (χ2n) is 6.02. The number of aromatic nitrogens is 2. The molecule has 0 radical (unpaired) electrons. The van der Waals surface area contributed by atoms with Crippen LogP contribution < -0.4 is 5.32 Å². The van der Waals surface area contributed by atoms with Gasteiger partial charge in [0.25, 0.3) is 5.91 Å². The number of amides is 1. The normalized spacial score (nSPS) is 18.9. The molecule has 1 aliphatic heterocycles. The maximum absolute atomic E-state index is 12.4. The zero-order chi connectivity index (χ0) is 15.2. The van der Waals surface area contributed by atoms with Crippen molar-refractivity contribution in [2.24, 2.45) is 5.92 Å². The van der Waals surface area contributed by atoms with Gasteiger partial charge >= 0.3 is 0 Å². The van der Waals surface area contributed by atoms with Crippen molar-refractivity contribution in [3.8, 4) is 0 Å². The van der Waals surface area contributed by atoms with Crippen LogP contribution >= 0.6 is 0 Å². The molecular weight excluding hydrogens is 266 g/mol. The predicted molar refractivity (Wildman–Crippen MR) is 83.4 cm³/mol. The van der Waals surface area contributed by atoms with Gasteiger partial charge in [-0.05, 0) is 32.9 Å². The van der Waals surface area contributed by atoms with Crippen molar-refractivity contribution in [2.45, 2.75) is 19.8 Å². The molecule has 0 aromatic carbocycles. The van der Waals surface area contributed by atoms with Gasteiger partial charge < -0.3 is 15.1 Å². The fourth-order valence-corrected chi connectivity index (χ4v) is 2.47. The molecular formula is C15H25N5O. The van der Waals surface area contributed by atoms with Crippen LogP contribution in [0.5, 0.6) is 0 Å². The molecule has 1 aromatic heterocycles. The Hall–Kier alpha value is -1.69. The van der Waals surface area contributed by atoms with E-state index >= 15 is 0 Å². The van der Waals surface area contributed by atoms with Crippen LogP contribution in [0.25, 0.3) is 0 Å². The number of hydrogen-bond acceptors (Lipinski definition) is 5. The molecule has 6 heteroatoms. The smallest absolute Gasteiger partial charge is 0.274 e. The van der Waals surface area contributed by atoms with Gasteiger partial charge in [0.05, 0.1) is 12.4 Å². The number of likely N-dealkylation sites (tertiary alicyclic amines) is 1. The standard InChI is InChI=1S/C15H25N5O/c1-12-5-4-7-20(11-12)15(21)13-9-18-14(10-17-13)16-6-8-19(2)3/h9-10,12H,4-8,11H2,1-3H3,(H,16,18). The number of nitrogens with zero attached hydrogens (tertiary/aromatic N) is 4. The topological polar surface area (TPSA) is 61.4 Å². The summed E-state index contributed by atoms with van der Waals surface area (Å²) < 4.78 is 0. The van der Waals surface area contributed by atoms with Gasteiger partial charge in [0, 0.05) is 26.2 Å². The first-order chi connectivity index (χ1) is 10.1. The van der Waals surface area contributed by atoms with E-state index in [9.17, 15) is 4.79 Å². The SMILES string of the molecule is CC1CCCN(C(=O)c2cnc(NCCN(C)C)cn2)C1. The lowest BCUT2D eigenvalue weighted by molar-refractivity contribution is 0.0676. The highest BCUT2D eigenvalue weighted by Gasteiger charge is 2.22. The third-order valence-electron chi connectivity index (χ3n) is 3.68. The van der Waals surface area contributed by atoms with E-state index in [1.165, 1.54) is 6.42 Å². The predicted octanol–water partition coefficient (Wildman–Crippen LogP) is 1.32. The Balaban J connectivity index is 1.90. The molecule has 2 rings (SSSR count). The Morgan fingerprint density at radius 1 is 1.43 bits per heavy atom. The molecule has 1 fully saturated rings. The average Bonchev–Trinajstić information content (AvgIpc) is 2.47. The third-order valence-corrected chi connectivity index (χ3v) is 3.68. The Bertz CT molecular complexity index is 460. The highest BCUT2D eigenvalue weighted by atomic mass is 16.2. The van der Waals surface area contributed by atoms with E-state index in [-0.39, 0.29) is 5.91 Å². The summed E-state index contributed by atoms with van der Waals surface area (Å²) >= 11 is 0. The van der Waals surface area contributed by atoms with E-state index < -0.39 is 0 Å². The van der Waals surface area contributed by atoms with E-state index in [0.29, 0.717) is 17.4 Å². The van der Waals surface area contributed by atoms with Gasteiger partial charge in [-0.15, -0.1) is 0 Å². The summed E-state index contributed by atoms with van der Waals surface area (Å²) in [5.74, 6) is 1.27. The molecule has 1 unspecified atom stereocenters. The molecule has 0 spiro atoms. The van der Waals surface area contributed by atoms with E-state index in [1.807, 2.05) is 19.0 Å². The van der Waals surface area contributed by atoms with Crippen molar-refractivity contribution >= 4 is 11.7 Å². The molecule has 1 atom stereocenters. The zero-order valence-electron chi connectivity index (χ0n) is 13.2. The van der Waals surface area contributed by atoms with Gasteiger partial charge in [-0.25, -0.2) is 9.97 Å². The van der Waals surface area contributed by atoms with E-state index in [0.717, 1.165) is 32.6 Å². The molecule has 6 nitrogen and oxygen atoms in total. The number of carbonyl (C=O) groups is 1. The van der Waals surface area contributed by atoms with Crippen molar-refractivity contribution in [1.82, 2.24) is 19.8 Å². The number of rotatable bonds is 5. The highest BCUT2D eigenvalue weighted by molar-refractivity contribution is 5.92. The Morgan fingerprint density at radius 3 is 2.86 bits per heavy atom. The third kappa shape index (κ3) is 4.67. The molecule has 1 saturated heterocycles. The van der Waals surface area contributed by atoms with Gasteiger partial charge in [-0.3, -0.25) is 4.79 Å². The summed E-state index contributed by atoms with van der Waals surface area (Å²) in [5.41, 5.74) is 0.433. The van der Waals surface area contributed by atoms with Gasteiger partial charge in [0.15, 0.2) is 0 Å². The summed E-state index contributed by atoms with van der Waals surface area (Å²) in [5, 5.41) is 3.19. The molecule has 0 aliphatic carbocycles. The monoisotopic (exact) mass is 291 g/mol. The lowest BCUT2D eigenvalue weighted by Crippen LogP contribution is -2.39. The largest absolute Gasteiger partial charge is 0.368 e. The summed E-state index contributed by atoms with van der Waals surface area (Å²) in [6, 6.07) is 0. The maximum Gasteiger partial charge on any atom is 0.274 e. The number of carbonyl (C=O) groups excluding carboxylic acids is 1. The van der Waals surface area contributed by atoms with Crippen molar-refractivity contribution in [3.63, 3.8) is 0 Å². The number of likely N-dealkylation sites (N-methyl/N-ethyl adjacent to an activating group) is 1. The van der Waals surface area contributed by atoms with Crippen LogP contribution in [-0.4, -0.2) is 65.9 Å². The molecule has 1 N–H and O–H groups in total. The maximum atomic E-state index is 12.4. The quantitative estimate of drug-likeness (QED) is 0.886. The van der Waals surface area contributed by atoms with Crippen LogP contribution in [0.15, 0.2) is 12.4 Å². The molecule has 1 aliphatic rings. The average molecular weight is 291 g/mol. The van der Waals surface area contributed by atoms with Crippen molar-refractivity contribution < 1.29 is 4.79 Å². The van der Waals surface area contributed by atoms with Gasteiger partial charge in [-0.1, -0.05) is 6.92 Å². The zero-order valence-corrected chi connectivity index (χ0v) is 13.2. The summed E-state index contributed by atoms with van der Waals surface area (Å²) in [7, 11) is 4.05. The molecule has 1 amide bonds. The minimum Gasteiger partial charge on any atom is -0.368 e. The number of piperidine rings is 1.